The lowest BCUT2D eigenvalue weighted by Crippen LogP contribution is -2.63. The van der Waals surface area contributed by atoms with Gasteiger partial charge in [-0.05, 0) is 55.7 Å². The van der Waals surface area contributed by atoms with E-state index in [9.17, 15) is 23.1 Å². The average Bonchev–Trinajstić information content (AvgIpc) is 3.53. The Kier molecular flexibility index (Phi) is 5.98. The first-order valence-corrected chi connectivity index (χ1v) is 15.1. The number of allylic oxidation sites excluding steroid dienone is 4. The van der Waals surface area contributed by atoms with E-state index in [0.29, 0.717) is 19.5 Å². The van der Waals surface area contributed by atoms with Crippen LogP contribution in [0.2, 0.25) is 0 Å². The Morgan fingerprint density at radius 1 is 1.32 bits per heavy atom. The minimum atomic E-state index is -3.83. The van der Waals surface area contributed by atoms with Gasteiger partial charge in [0.15, 0.2) is 17.2 Å². The summed E-state index contributed by atoms with van der Waals surface area (Å²) < 4.78 is 33.8. The molecule has 206 valence electrons. The van der Waals surface area contributed by atoms with Crippen LogP contribution < -0.4 is 0 Å². The molecule has 0 unspecified atom stereocenters. The first-order valence-electron chi connectivity index (χ1n) is 13.3. The summed E-state index contributed by atoms with van der Waals surface area (Å²) in [6, 6.07) is 1.84. The smallest absolute Gasteiger partial charge is 0.264 e. The molecule has 9 nitrogen and oxygen atoms in total. The maximum atomic E-state index is 14.0. The number of hydrogen-bond donors (Lipinski definition) is 1. The zero-order valence-corrected chi connectivity index (χ0v) is 22.8. The van der Waals surface area contributed by atoms with Gasteiger partial charge in [-0.3, -0.25) is 18.6 Å². The average molecular weight is 546 g/mol. The van der Waals surface area contributed by atoms with Crippen molar-refractivity contribution in [2.75, 3.05) is 19.4 Å². The van der Waals surface area contributed by atoms with E-state index in [0.717, 1.165) is 36.7 Å². The second kappa shape index (κ2) is 8.69. The molecule has 0 radical (unpaired) electrons. The van der Waals surface area contributed by atoms with Gasteiger partial charge in [-0.25, -0.2) is 0 Å². The lowest BCUT2D eigenvalue weighted by atomic mass is 9.46. The van der Waals surface area contributed by atoms with Crippen LogP contribution >= 0.6 is 0 Å². The van der Waals surface area contributed by atoms with E-state index in [1.54, 1.807) is 29.7 Å². The van der Waals surface area contributed by atoms with Crippen molar-refractivity contribution in [1.29, 1.82) is 0 Å². The monoisotopic (exact) mass is 545 g/mol. The number of hydrogen-bond acceptors (Lipinski definition) is 9. The third-order valence-electron chi connectivity index (χ3n) is 10.3. The third-order valence-corrected chi connectivity index (χ3v) is 10.8. The molecule has 6 rings (SSSR count). The SMILES string of the molecule is C[C@]12C=CC(=O)C=C1CC[C@@H]1[C@@H]2[C@@H](O)C[C@@]2(C)[C@H]1C[C@H]1CN(Cc3ccoc3)O[C@]12C(=O)COS(C)(=O)=O. The number of nitrogens with zero attached hydrogens (tertiary/aromatic N) is 1. The van der Waals surface area contributed by atoms with Gasteiger partial charge in [-0.15, -0.1) is 0 Å². The quantitative estimate of drug-likeness (QED) is 0.538. The Balaban J connectivity index is 1.37. The second-order valence-electron chi connectivity index (χ2n) is 12.3. The molecular formula is C28H35NO8S. The summed E-state index contributed by atoms with van der Waals surface area (Å²) in [7, 11) is -3.83. The van der Waals surface area contributed by atoms with E-state index >= 15 is 0 Å². The maximum absolute atomic E-state index is 14.0. The summed E-state index contributed by atoms with van der Waals surface area (Å²) in [5, 5.41) is 13.5. The fourth-order valence-corrected chi connectivity index (χ4v) is 9.21. The number of aliphatic hydroxyl groups excluding tert-OH is 1. The summed E-state index contributed by atoms with van der Waals surface area (Å²) in [5.41, 5.74) is -0.480. The number of ketones is 2. The molecule has 1 aliphatic heterocycles. The van der Waals surface area contributed by atoms with Gasteiger partial charge in [-0.2, -0.15) is 13.5 Å². The van der Waals surface area contributed by atoms with Crippen LogP contribution in [-0.2, 0) is 35.3 Å². The summed E-state index contributed by atoms with van der Waals surface area (Å²) >= 11 is 0. The molecule has 8 atom stereocenters. The van der Waals surface area contributed by atoms with Crippen molar-refractivity contribution in [2.45, 2.75) is 57.8 Å². The van der Waals surface area contributed by atoms with Gasteiger partial charge in [0.05, 0.1) is 31.4 Å². The molecule has 0 amide bonds. The van der Waals surface area contributed by atoms with Crippen LogP contribution in [0.4, 0.5) is 0 Å². The first kappa shape index (κ1) is 26.1. The van der Waals surface area contributed by atoms with Crippen molar-refractivity contribution in [1.82, 2.24) is 5.06 Å². The highest BCUT2D eigenvalue weighted by Crippen LogP contribution is 2.70. The van der Waals surface area contributed by atoms with Crippen molar-refractivity contribution in [3.63, 3.8) is 0 Å². The molecule has 1 N–H and O–H groups in total. The number of carbonyl (C=O) groups is 2. The fraction of sp³-hybridized carbons (Fsp3) is 0.643. The van der Waals surface area contributed by atoms with Gasteiger partial charge in [0.25, 0.3) is 10.1 Å². The zero-order chi connectivity index (χ0) is 27.1. The predicted octanol–water partition coefficient (Wildman–Crippen LogP) is 2.82. The molecule has 10 heteroatoms. The Labute approximate surface area is 222 Å². The fourth-order valence-electron chi connectivity index (χ4n) is 8.89. The molecule has 0 bridgehead atoms. The van der Waals surface area contributed by atoms with Crippen LogP contribution in [0.5, 0.6) is 0 Å². The molecule has 1 aromatic rings. The molecule has 38 heavy (non-hydrogen) atoms. The molecule has 5 aliphatic rings. The molecule has 1 saturated heterocycles. The lowest BCUT2D eigenvalue weighted by Gasteiger charge is -2.60. The largest absolute Gasteiger partial charge is 0.472 e. The normalized spacial score (nSPS) is 42.3. The highest BCUT2D eigenvalue weighted by Gasteiger charge is 2.75. The van der Waals surface area contributed by atoms with Crippen molar-refractivity contribution < 1.29 is 36.6 Å². The molecule has 1 aromatic heterocycles. The van der Waals surface area contributed by atoms with E-state index in [-0.39, 0.29) is 29.5 Å². The Morgan fingerprint density at radius 3 is 2.82 bits per heavy atom. The number of aliphatic hydroxyl groups is 1. The molecule has 2 heterocycles. The number of furan rings is 1. The minimum Gasteiger partial charge on any atom is -0.472 e. The molecule has 4 aliphatic carbocycles. The van der Waals surface area contributed by atoms with Crippen LogP contribution in [-0.4, -0.2) is 61.3 Å². The van der Waals surface area contributed by atoms with Crippen LogP contribution in [0.1, 0.15) is 45.1 Å². The summed E-state index contributed by atoms with van der Waals surface area (Å²) in [5.74, 6) is -0.458. The lowest BCUT2D eigenvalue weighted by molar-refractivity contribution is -0.254. The minimum absolute atomic E-state index is 0.0111. The number of rotatable bonds is 6. The van der Waals surface area contributed by atoms with Crippen LogP contribution in [0.25, 0.3) is 0 Å². The van der Waals surface area contributed by atoms with Gasteiger partial charge in [0, 0.05) is 34.8 Å². The topological polar surface area (TPSA) is 123 Å². The predicted molar refractivity (Wildman–Crippen MR) is 136 cm³/mol. The Bertz CT molecular complexity index is 1320. The highest BCUT2D eigenvalue weighted by molar-refractivity contribution is 7.86. The standard InChI is InChI=1S/C28H35NO8S/c1-26-8-6-20(30)10-18(26)4-5-21-22-11-19-14-29(13-17-7-9-35-15-17)37-28(19,24(32)16-36-38(3,33)34)27(22,2)12-23(31)25(21)26/h6-10,15,19,21-23,25,31H,4-5,11-14,16H2,1-3H3/t19-,21-,22-,23-,25+,26-,27-,28-/m0/s1. The number of hydroxylamine groups is 2. The van der Waals surface area contributed by atoms with E-state index in [2.05, 4.69) is 6.92 Å². The van der Waals surface area contributed by atoms with Gasteiger partial charge in [-0.1, -0.05) is 25.5 Å². The molecule has 4 fully saturated rings. The van der Waals surface area contributed by atoms with Crippen molar-refractivity contribution in [2.24, 2.45) is 34.5 Å². The summed E-state index contributed by atoms with van der Waals surface area (Å²) in [6.07, 6.45) is 11.4. The Morgan fingerprint density at radius 2 is 2.11 bits per heavy atom. The molecule has 0 spiro atoms. The zero-order valence-electron chi connectivity index (χ0n) is 22.0. The van der Waals surface area contributed by atoms with E-state index in [1.807, 2.05) is 19.1 Å². The number of fused-ring (bicyclic) bond motifs is 7. The second-order valence-corrected chi connectivity index (χ2v) is 14.0. The third kappa shape index (κ3) is 3.75. The van der Waals surface area contributed by atoms with E-state index < -0.39 is 45.0 Å². The number of Topliss-reactive ketones (excluding diaryl/α,β-unsaturated/α-hetero) is 1. The van der Waals surface area contributed by atoms with E-state index in [1.165, 1.54) is 0 Å². The first-order chi connectivity index (χ1) is 17.9. The van der Waals surface area contributed by atoms with Gasteiger partial charge in [0.1, 0.15) is 6.61 Å². The van der Waals surface area contributed by atoms with Crippen LogP contribution in [0.15, 0.2) is 46.8 Å². The molecule has 3 saturated carbocycles. The van der Waals surface area contributed by atoms with Crippen molar-refractivity contribution in [3.05, 3.63) is 48.0 Å². The molecular weight excluding hydrogens is 510 g/mol. The number of carbonyl (C=O) groups excluding carboxylic acids is 2. The van der Waals surface area contributed by atoms with Crippen molar-refractivity contribution in [3.8, 4) is 0 Å². The van der Waals surface area contributed by atoms with Gasteiger partial charge < -0.3 is 9.52 Å². The molecule has 0 aromatic carbocycles. The van der Waals surface area contributed by atoms with E-state index in [4.69, 9.17) is 13.4 Å². The van der Waals surface area contributed by atoms with Gasteiger partial charge in [0.2, 0.25) is 0 Å². The van der Waals surface area contributed by atoms with Crippen LogP contribution in [0, 0.1) is 34.5 Å². The highest BCUT2D eigenvalue weighted by atomic mass is 32.2. The van der Waals surface area contributed by atoms with Gasteiger partial charge >= 0.3 is 0 Å². The Hall–Kier alpha value is -2.11. The van der Waals surface area contributed by atoms with Crippen molar-refractivity contribution >= 4 is 21.7 Å². The maximum Gasteiger partial charge on any atom is 0.264 e. The summed E-state index contributed by atoms with van der Waals surface area (Å²) in [4.78, 5) is 32.7. The van der Waals surface area contributed by atoms with Crippen LogP contribution in [0.3, 0.4) is 0 Å². The summed E-state index contributed by atoms with van der Waals surface area (Å²) in [6.45, 7) is 4.48.